The van der Waals surface area contributed by atoms with E-state index >= 15 is 0 Å². The topological polar surface area (TPSA) is 61.2 Å². The average molecular weight is 595 g/mol. The zero-order valence-electron chi connectivity index (χ0n) is 25.9. The summed E-state index contributed by atoms with van der Waals surface area (Å²) in [6, 6.07) is 17.9. The molecule has 0 saturated heterocycles. The molecule has 222 valence electrons. The number of benzene rings is 3. The van der Waals surface area contributed by atoms with Gasteiger partial charge in [0, 0.05) is 47.3 Å². The maximum absolute atomic E-state index is 13.8. The lowest BCUT2D eigenvalue weighted by molar-refractivity contribution is -0.115. The second-order valence-corrected chi connectivity index (χ2v) is 12.0. The van der Waals surface area contributed by atoms with Gasteiger partial charge in [0.1, 0.15) is 5.75 Å². The van der Waals surface area contributed by atoms with Gasteiger partial charge in [-0.2, -0.15) is 5.10 Å². The number of fused-ring (bicyclic) bond motifs is 1. The number of carbonyl (C=O) groups is 2. The largest absolute Gasteiger partial charge is 0.494 e. The van der Waals surface area contributed by atoms with E-state index in [1.165, 1.54) is 5.56 Å². The highest BCUT2D eigenvalue weighted by Gasteiger charge is 2.29. The molecule has 5 rings (SSSR count). The van der Waals surface area contributed by atoms with Crippen molar-refractivity contribution in [2.45, 2.75) is 66.7 Å². The minimum atomic E-state index is 0.0429. The lowest BCUT2D eigenvalue weighted by atomic mass is 9.93. The number of aromatic nitrogens is 2. The molecule has 1 heterocycles. The van der Waals surface area contributed by atoms with Crippen LogP contribution >= 0.6 is 11.6 Å². The summed E-state index contributed by atoms with van der Waals surface area (Å²) in [5.41, 5.74) is 12.5. The van der Waals surface area contributed by atoms with E-state index < -0.39 is 0 Å². The number of ketones is 2. The van der Waals surface area contributed by atoms with Crippen molar-refractivity contribution < 1.29 is 14.3 Å². The van der Waals surface area contributed by atoms with E-state index in [9.17, 15) is 9.59 Å². The number of ether oxygens (including phenoxy) is 1. The predicted molar refractivity (Wildman–Crippen MR) is 174 cm³/mol. The summed E-state index contributed by atoms with van der Waals surface area (Å²) in [5.74, 6) is 1.04. The summed E-state index contributed by atoms with van der Waals surface area (Å²) >= 11 is 6.34. The second-order valence-electron chi connectivity index (χ2n) is 11.6. The molecule has 0 N–H and O–H groups in total. The molecule has 0 atom stereocenters. The first-order valence-corrected chi connectivity index (χ1v) is 15.3. The Bertz CT molecular complexity index is 1720. The van der Waals surface area contributed by atoms with Gasteiger partial charge in [0.15, 0.2) is 11.6 Å². The third-order valence-electron chi connectivity index (χ3n) is 8.58. The lowest BCUT2D eigenvalue weighted by Gasteiger charge is -2.13. The van der Waals surface area contributed by atoms with Gasteiger partial charge < -0.3 is 4.74 Å². The molecule has 1 aliphatic rings. The summed E-state index contributed by atoms with van der Waals surface area (Å²) in [6.45, 7) is 10.2. The molecular formula is C37H39ClN2O3. The molecule has 0 fully saturated rings. The number of hydrogen-bond donors (Lipinski definition) is 0. The Morgan fingerprint density at radius 3 is 2.26 bits per heavy atom. The molecule has 0 unspecified atom stereocenters. The van der Waals surface area contributed by atoms with Gasteiger partial charge in [0.2, 0.25) is 0 Å². The highest BCUT2D eigenvalue weighted by Crippen LogP contribution is 2.43. The van der Waals surface area contributed by atoms with Gasteiger partial charge in [-0.25, -0.2) is 0 Å². The Balaban J connectivity index is 1.39. The monoisotopic (exact) mass is 594 g/mol. The van der Waals surface area contributed by atoms with Crippen LogP contribution in [0.3, 0.4) is 0 Å². The number of halogens is 1. The Morgan fingerprint density at radius 2 is 1.63 bits per heavy atom. The number of rotatable bonds is 11. The SMILES string of the molecule is CC(=O)c1ccc(CCC(=O)C2=C(CCCOc3cc(C)c(Cl)c(C)c3)c3cccc(-c4c(C)nn(C)c4C)c3C2)cc1. The van der Waals surface area contributed by atoms with E-state index in [0.717, 1.165) is 79.5 Å². The Labute approximate surface area is 259 Å². The molecule has 0 amide bonds. The summed E-state index contributed by atoms with van der Waals surface area (Å²) in [4.78, 5) is 25.5. The minimum Gasteiger partial charge on any atom is -0.494 e. The normalized spacial score (nSPS) is 12.5. The number of Topliss-reactive ketones (excluding diaryl/α,β-unsaturated/α-hetero) is 2. The Hall–Kier alpha value is -3.96. The fourth-order valence-corrected chi connectivity index (χ4v) is 6.31. The molecule has 6 heteroatoms. The van der Waals surface area contributed by atoms with E-state index in [4.69, 9.17) is 16.3 Å². The van der Waals surface area contributed by atoms with Gasteiger partial charge in [-0.3, -0.25) is 14.3 Å². The highest BCUT2D eigenvalue weighted by molar-refractivity contribution is 6.32. The molecule has 1 aromatic heterocycles. The van der Waals surface area contributed by atoms with Gasteiger partial charge in [-0.05, 0) is 105 Å². The van der Waals surface area contributed by atoms with Crippen LogP contribution in [0.2, 0.25) is 5.02 Å². The van der Waals surface area contributed by atoms with E-state index in [0.29, 0.717) is 31.4 Å². The van der Waals surface area contributed by atoms with Crippen LogP contribution in [-0.4, -0.2) is 28.0 Å². The minimum absolute atomic E-state index is 0.0429. The molecule has 43 heavy (non-hydrogen) atoms. The second kappa shape index (κ2) is 12.7. The number of hydrogen-bond acceptors (Lipinski definition) is 4. The van der Waals surface area contributed by atoms with Crippen molar-refractivity contribution in [1.82, 2.24) is 9.78 Å². The summed E-state index contributed by atoms with van der Waals surface area (Å²) in [5, 5.41) is 5.43. The fourth-order valence-electron chi connectivity index (χ4n) is 6.20. The number of carbonyl (C=O) groups excluding carboxylic acids is 2. The zero-order valence-corrected chi connectivity index (χ0v) is 26.7. The van der Waals surface area contributed by atoms with Crippen LogP contribution in [0, 0.1) is 27.7 Å². The van der Waals surface area contributed by atoms with E-state index in [2.05, 4.69) is 30.2 Å². The van der Waals surface area contributed by atoms with Crippen molar-refractivity contribution >= 4 is 28.7 Å². The molecule has 0 spiro atoms. The van der Waals surface area contributed by atoms with Gasteiger partial charge in [0.05, 0.1) is 12.3 Å². The number of aryl methyl sites for hydroxylation is 5. The van der Waals surface area contributed by atoms with Crippen molar-refractivity contribution in [3.63, 3.8) is 0 Å². The quantitative estimate of drug-likeness (QED) is 0.129. The molecule has 4 aromatic rings. The van der Waals surface area contributed by atoms with Crippen molar-refractivity contribution in [2.75, 3.05) is 6.61 Å². The van der Waals surface area contributed by atoms with Crippen LogP contribution in [0.25, 0.3) is 16.7 Å². The van der Waals surface area contributed by atoms with Gasteiger partial charge in [0.25, 0.3) is 0 Å². The highest BCUT2D eigenvalue weighted by atomic mass is 35.5. The van der Waals surface area contributed by atoms with Crippen molar-refractivity contribution in [2.24, 2.45) is 7.05 Å². The third kappa shape index (κ3) is 6.37. The van der Waals surface area contributed by atoms with Crippen LogP contribution < -0.4 is 4.74 Å². The van der Waals surface area contributed by atoms with Crippen molar-refractivity contribution in [3.8, 4) is 16.9 Å². The predicted octanol–water partition coefficient (Wildman–Crippen LogP) is 8.55. The van der Waals surface area contributed by atoms with Crippen molar-refractivity contribution in [1.29, 1.82) is 0 Å². The van der Waals surface area contributed by atoms with Gasteiger partial charge >= 0.3 is 0 Å². The smallest absolute Gasteiger partial charge is 0.159 e. The van der Waals surface area contributed by atoms with Crippen LogP contribution in [0.1, 0.15) is 75.7 Å². The van der Waals surface area contributed by atoms with Gasteiger partial charge in [-0.1, -0.05) is 54.1 Å². The lowest BCUT2D eigenvalue weighted by Crippen LogP contribution is -2.07. The fraction of sp³-hybridized carbons (Fsp3) is 0.324. The molecule has 3 aromatic carbocycles. The first-order valence-electron chi connectivity index (χ1n) is 14.9. The van der Waals surface area contributed by atoms with Crippen LogP contribution in [-0.2, 0) is 24.7 Å². The number of nitrogens with zero attached hydrogens (tertiary/aromatic N) is 2. The summed E-state index contributed by atoms with van der Waals surface area (Å²) in [7, 11) is 1.97. The van der Waals surface area contributed by atoms with E-state index in [-0.39, 0.29) is 11.6 Å². The zero-order chi connectivity index (χ0) is 30.8. The van der Waals surface area contributed by atoms with Crippen LogP contribution in [0.4, 0.5) is 0 Å². The first kappa shape index (κ1) is 30.5. The molecule has 0 radical (unpaired) electrons. The van der Waals surface area contributed by atoms with Crippen LogP contribution in [0.15, 0.2) is 60.2 Å². The van der Waals surface area contributed by atoms with E-state index in [1.54, 1.807) is 6.92 Å². The molecule has 0 saturated carbocycles. The average Bonchev–Trinajstić information content (AvgIpc) is 3.48. The van der Waals surface area contributed by atoms with Crippen LogP contribution in [0.5, 0.6) is 5.75 Å². The Morgan fingerprint density at radius 1 is 0.953 bits per heavy atom. The molecule has 1 aliphatic carbocycles. The standard InChI is InChI=1S/C37H39ClN2O3/c1-22-19-29(20-23(2)37(22)38)43-18-8-11-31-30-9-7-10-32(36-24(3)39-40(6)25(36)4)33(30)21-34(31)35(42)17-14-27-12-15-28(16-13-27)26(5)41/h7,9-10,12-13,15-16,19-20H,8,11,14,17-18,21H2,1-6H3. The number of allylic oxidation sites excluding steroid dienone is 2. The maximum atomic E-state index is 13.8. The molecule has 0 bridgehead atoms. The molecule has 0 aliphatic heterocycles. The van der Waals surface area contributed by atoms with E-state index in [1.807, 2.05) is 68.9 Å². The summed E-state index contributed by atoms with van der Waals surface area (Å²) in [6.07, 6.45) is 3.21. The molecular weight excluding hydrogens is 556 g/mol. The maximum Gasteiger partial charge on any atom is 0.159 e. The van der Waals surface area contributed by atoms with Gasteiger partial charge in [-0.15, -0.1) is 0 Å². The third-order valence-corrected chi connectivity index (χ3v) is 9.18. The summed E-state index contributed by atoms with van der Waals surface area (Å²) < 4.78 is 8.05. The van der Waals surface area contributed by atoms with Crippen molar-refractivity contribution in [3.05, 3.63) is 110 Å². The first-order chi connectivity index (χ1) is 20.5. The molecule has 5 nitrogen and oxygen atoms in total. The Kier molecular flexibility index (Phi) is 9.03.